The summed E-state index contributed by atoms with van der Waals surface area (Å²) < 4.78 is 5.09. The summed E-state index contributed by atoms with van der Waals surface area (Å²) in [6, 6.07) is 0. The van der Waals surface area contributed by atoms with E-state index in [4.69, 9.17) is 9.84 Å². The molecule has 0 aromatic rings. The third kappa shape index (κ3) is 1.61. The number of aliphatic hydroxyl groups is 1. The molecule has 0 aromatic heterocycles. The van der Waals surface area contributed by atoms with Crippen molar-refractivity contribution in [2.24, 2.45) is 0 Å². The first-order chi connectivity index (χ1) is 5.27. The molecule has 0 aromatic carbocycles. The van der Waals surface area contributed by atoms with Gasteiger partial charge in [0.1, 0.15) is 5.76 Å². The first-order valence-corrected chi connectivity index (χ1v) is 3.49. The van der Waals surface area contributed by atoms with Crippen LogP contribution in [0.15, 0.2) is 23.7 Å². The molecule has 1 rings (SSSR count). The molecule has 11 heavy (non-hydrogen) atoms. The molecule has 0 unspecified atom stereocenters. The molecule has 0 radical (unpaired) electrons. The van der Waals surface area contributed by atoms with E-state index in [0.717, 1.165) is 6.26 Å². The number of ketones is 1. The van der Waals surface area contributed by atoms with Crippen molar-refractivity contribution in [3.8, 4) is 0 Å². The fourth-order valence-corrected chi connectivity index (χ4v) is 0.952. The maximum absolute atomic E-state index is 10.9. The van der Waals surface area contributed by atoms with E-state index < -0.39 is 0 Å². The fraction of sp³-hybridized carbons (Fsp3) is 0.375. The summed E-state index contributed by atoms with van der Waals surface area (Å²) in [5.41, 5.74) is 0.397. The van der Waals surface area contributed by atoms with E-state index in [0.29, 0.717) is 24.4 Å². The number of allylic oxidation sites excluding steroid dienone is 2. The molecule has 1 aliphatic carbocycles. The Balaban J connectivity index is 2.63. The molecule has 1 aliphatic rings. The minimum Gasteiger partial charge on any atom is -0.515 e. The summed E-state index contributed by atoms with van der Waals surface area (Å²) in [5, 5.41) is 8.55. The van der Waals surface area contributed by atoms with Crippen LogP contribution in [0.25, 0.3) is 0 Å². The van der Waals surface area contributed by atoms with Crippen LogP contribution in [-0.4, -0.2) is 17.5 Å². The highest BCUT2D eigenvalue weighted by molar-refractivity contribution is 6.06. The van der Waals surface area contributed by atoms with Crippen molar-refractivity contribution in [3.05, 3.63) is 23.7 Å². The van der Waals surface area contributed by atoms with E-state index >= 15 is 0 Å². The first kappa shape index (κ1) is 7.85. The first-order valence-electron chi connectivity index (χ1n) is 3.49. The second-order valence-corrected chi connectivity index (χ2v) is 2.24. The van der Waals surface area contributed by atoms with Gasteiger partial charge in [-0.3, -0.25) is 4.79 Å². The highest BCUT2D eigenvalue weighted by Gasteiger charge is 2.18. The van der Waals surface area contributed by atoms with Crippen LogP contribution in [0.2, 0.25) is 0 Å². The average Bonchev–Trinajstić information content (AvgIpc) is 2.32. The molecule has 1 N–H and O–H groups in total. The van der Waals surface area contributed by atoms with Gasteiger partial charge in [-0.25, -0.2) is 0 Å². The largest absolute Gasteiger partial charge is 0.515 e. The van der Waals surface area contributed by atoms with E-state index in [1.54, 1.807) is 0 Å². The Morgan fingerprint density at radius 1 is 1.82 bits per heavy atom. The quantitative estimate of drug-likeness (QED) is 0.482. The van der Waals surface area contributed by atoms with Gasteiger partial charge in [0.05, 0.1) is 12.9 Å². The average molecular weight is 154 g/mol. The Labute approximate surface area is 65.0 Å². The van der Waals surface area contributed by atoms with Crippen molar-refractivity contribution >= 4 is 5.78 Å². The van der Waals surface area contributed by atoms with Gasteiger partial charge >= 0.3 is 0 Å². The van der Waals surface area contributed by atoms with Crippen molar-refractivity contribution < 1.29 is 14.6 Å². The number of hydrogen-bond donors (Lipinski definition) is 1. The van der Waals surface area contributed by atoms with Gasteiger partial charge in [0.2, 0.25) is 0 Å². The van der Waals surface area contributed by atoms with Crippen LogP contribution in [-0.2, 0) is 9.53 Å². The molecule has 0 bridgehead atoms. The van der Waals surface area contributed by atoms with Gasteiger partial charge in [0.25, 0.3) is 0 Å². The molecule has 0 spiro atoms. The van der Waals surface area contributed by atoms with Crippen LogP contribution >= 0.6 is 0 Å². The summed E-state index contributed by atoms with van der Waals surface area (Å²) in [5.74, 6) is 0.480. The van der Waals surface area contributed by atoms with Gasteiger partial charge in [0, 0.05) is 18.1 Å². The molecule has 0 aliphatic heterocycles. The zero-order valence-corrected chi connectivity index (χ0v) is 6.33. The van der Waals surface area contributed by atoms with Crippen molar-refractivity contribution in [1.29, 1.82) is 0 Å². The Morgan fingerprint density at radius 3 is 3.00 bits per heavy atom. The Morgan fingerprint density at radius 2 is 2.55 bits per heavy atom. The minimum absolute atomic E-state index is 0.157. The van der Waals surface area contributed by atoms with Crippen molar-refractivity contribution in [2.45, 2.75) is 13.3 Å². The minimum atomic E-state index is -0.157. The van der Waals surface area contributed by atoms with Crippen LogP contribution in [0.5, 0.6) is 0 Å². The summed E-state index contributed by atoms with van der Waals surface area (Å²) in [7, 11) is 0. The Hall–Kier alpha value is -1.25. The second kappa shape index (κ2) is 3.23. The van der Waals surface area contributed by atoms with Crippen LogP contribution in [0, 0.1) is 0 Å². The molecule has 0 heterocycles. The van der Waals surface area contributed by atoms with Gasteiger partial charge in [-0.2, -0.15) is 0 Å². The van der Waals surface area contributed by atoms with Crippen molar-refractivity contribution in [3.63, 3.8) is 0 Å². The van der Waals surface area contributed by atoms with Gasteiger partial charge in [-0.1, -0.05) is 0 Å². The number of aliphatic hydroxyl groups excluding tert-OH is 1. The third-order valence-corrected chi connectivity index (χ3v) is 1.46. The monoisotopic (exact) mass is 154 g/mol. The Bertz CT molecular complexity index is 225. The highest BCUT2D eigenvalue weighted by atomic mass is 16.5. The van der Waals surface area contributed by atoms with Gasteiger partial charge < -0.3 is 9.84 Å². The fourth-order valence-electron chi connectivity index (χ4n) is 0.952. The lowest BCUT2D eigenvalue weighted by molar-refractivity contribution is -0.111. The molecule has 0 fully saturated rings. The second-order valence-electron chi connectivity index (χ2n) is 2.24. The van der Waals surface area contributed by atoms with Gasteiger partial charge in [0.15, 0.2) is 5.78 Å². The van der Waals surface area contributed by atoms with Gasteiger partial charge in [-0.15, -0.1) is 0 Å². The van der Waals surface area contributed by atoms with Crippen LogP contribution in [0.3, 0.4) is 0 Å². The van der Waals surface area contributed by atoms with E-state index in [2.05, 4.69) is 0 Å². The normalized spacial score (nSPS) is 20.6. The molecular formula is C8H10O3. The zero-order valence-electron chi connectivity index (χ0n) is 6.33. The molecule has 0 saturated carbocycles. The van der Waals surface area contributed by atoms with Crippen molar-refractivity contribution in [2.75, 3.05) is 6.61 Å². The number of ether oxygens (including phenoxy) is 1. The summed E-state index contributed by atoms with van der Waals surface area (Å²) >= 11 is 0. The van der Waals surface area contributed by atoms with Crippen LogP contribution in [0.1, 0.15) is 13.3 Å². The topological polar surface area (TPSA) is 46.5 Å². The zero-order chi connectivity index (χ0) is 8.27. The molecule has 3 heteroatoms. The molecule has 0 atom stereocenters. The lowest BCUT2D eigenvalue weighted by atomic mass is 10.2. The van der Waals surface area contributed by atoms with Crippen LogP contribution < -0.4 is 0 Å². The molecular weight excluding hydrogens is 144 g/mol. The summed E-state index contributed by atoms with van der Waals surface area (Å²) in [4.78, 5) is 10.9. The SMILES string of the molecule is CCOC1=CC(=O)/C(=C\O)C1. The standard InChI is InChI=1S/C8H10O3/c1-2-11-7-3-6(5-9)8(10)4-7/h4-5,9H,2-3H2,1H3/b6-5-. The summed E-state index contributed by atoms with van der Waals surface area (Å²) in [6.07, 6.45) is 2.67. The van der Waals surface area contributed by atoms with Crippen molar-refractivity contribution in [1.82, 2.24) is 0 Å². The number of hydrogen-bond acceptors (Lipinski definition) is 3. The molecule has 60 valence electrons. The third-order valence-electron chi connectivity index (χ3n) is 1.46. The highest BCUT2D eigenvalue weighted by Crippen LogP contribution is 2.20. The maximum Gasteiger partial charge on any atom is 0.188 e. The number of rotatable bonds is 2. The maximum atomic E-state index is 10.9. The Kier molecular flexibility index (Phi) is 2.31. The lowest BCUT2D eigenvalue weighted by Crippen LogP contribution is -1.90. The molecule has 3 nitrogen and oxygen atoms in total. The predicted octanol–water partition coefficient (Wildman–Crippen LogP) is 1.32. The number of carbonyl (C=O) groups is 1. The predicted molar refractivity (Wildman–Crippen MR) is 40.0 cm³/mol. The smallest absolute Gasteiger partial charge is 0.188 e. The van der Waals surface area contributed by atoms with Crippen LogP contribution in [0.4, 0.5) is 0 Å². The lowest BCUT2D eigenvalue weighted by Gasteiger charge is -2.00. The van der Waals surface area contributed by atoms with E-state index in [9.17, 15) is 4.79 Å². The molecule has 0 saturated heterocycles. The van der Waals surface area contributed by atoms with Gasteiger partial charge in [-0.05, 0) is 6.92 Å². The van der Waals surface area contributed by atoms with E-state index in [-0.39, 0.29) is 5.78 Å². The van der Waals surface area contributed by atoms with E-state index in [1.807, 2.05) is 6.92 Å². The summed E-state index contributed by atoms with van der Waals surface area (Å²) in [6.45, 7) is 2.41. The van der Waals surface area contributed by atoms with E-state index in [1.165, 1.54) is 6.08 Å². The molecule has 0 amide bonds. The number of carbonyl (C=O) groups excluding carboxylic acids is 1.